The Balaban J connectivity index is 2.35. The van der Waals surface area contributed by atoms with Crippen LogP contribution in [0.1, 0.15) is 16.1 Å². The van der Waals surface area contributed by atoms with Crippen molar-refractivity contribution in [3.05, 3.63) is 57.0 Å². The van der Waals surface area contributed by atoms with E-state index >= 15 is 0 Å². The second-order valence-corrected chi connectivity index (χ2v) is 4.98. The Labute approximate surface area is 127 Å². The molecule has 2 rings (SSSR count). The Hall–Kier alpha value is -2.27. The number of carbonyl (C=O) groups is 1. The summed E-state index contributed by atoms with van der Waals surface area (Å²) in [6.45, 7) is 1.81. The van der Waals surface area contributed by atoms with E-state index in [-0.39, 0.29) is 22.8 Å². The summed E-state index contributed by atoms with van der Waals surface area (Å²) in [4.78, 5) is 24.1. The zero-order valence-corrected chi connectivity index (χ0v) is 12.7. The number of methoxy groups -OCH3 is 1. The van der Waals surface area contributed by atoms with E-state index in [0.717, 1.165) is 5.56 Å². The molecule has 2 aromatic rings. The van der Waals surface area contributed by atoms with Crippen molar-refractivity contribution in [2.24, 2.45) is 7.05 Å². The number of pyridine rings is 1. The lowest BCUT2D eigenvalue weighted by Gasteiger charge is -2.12. The highest BCUT2D eigenvalue weighted by atomic mass is 35.5. The molecule has 0 atom stereocenters. The lowest BCUT2D eigenvalue weighted by Crippen LogP contribution is -2.21. The molecule has 0 fully saturated rings. The molecule has 110 valence electrons. The molecule has 0 radical (unpaired) electrons. The van der Waals surface area contributed by atoms with Crippen LogP contribution in [0.4, 0.5) is 5.69 Å². The van der Waals surface area contributed by atoms with Crippen LogP contribution in [0, 0.1) is 6.92 Å². The third-order valence-electron chi connectivity index (χ3n) is 3.17. The lowest BCUT2D eigenvalue weighted by atomic mass is 10.2. The first-order chi connectivity index (χ1) is 9.93. The Morgan fingerprint density at radius 2 is 2.10 bits per heavy atom. The number of aryl methyl sites for hydroxylation is 1. The molecule has 0 saturated carbocycles. The predicted octanol–water partition coefficient (Wildman–Crippen LogP) is 2.61. The van der Waals surface area contributed by atoms with Crippen LogP contribution in [0.5, 0.6) is 5.75 Å². The number of carbonyl (C=O) groups excluding carboxylic acids is 1. The SMILES string of the molecule is COc1cn(C)c(C(=O)Nc2cccc(Cl)c2C)cc1=O. The Bertz CT molecular complexity index is 753. The molecule has 1 heterocycles. The lowest BCUT2D eigenvalue weighted by molar-refractivity contribution is 0.101. The monoisotopic (exact) mass is 306 g/mol. The highest BCUT2D eigenvalue weighted by Crippen LogP contribution is 2.23. The molecular weight excluding hydrogens is 292 g/mol. The molecule has 5 nitrogen and oxygen atoms in total. The number of ether oxygens (including phenoxy) is 1. The summed E-state index contributed by atoms with van der Waals surface area (Å²) in [5.74, 6) is -0.199. The summed E-state index contributed by atoms with van der Waals surface area (Å²) in [5.41, 5.74) is 1.27. The Kier molecular flexibility index (Phi) is 4.33. The van der Waals surface area contributed by atoms with Gasteiger partial charge < -0.3 is 14.6 Å². The number of halogens is 1. The van der Waals surface area contributed by atoms with Crippen LogP contribution >= 0.6 is 11.6 Å². The van der Waals surface area contributed by atoms with Gasteiger partial charge in [0.15, 0.2) is 5.75 Å². The molecule has 1 amide bonds. The standard InChI is InChI=1S/C15H15ClN2O3/c1-9-10(16)5-4-6-11(9)17-15(20)12-7-13(19)14(21-3)8-18(12)2/h4-8H,1-3H3,(H,17,20). The van der Waals surface area contributed by atoms with Crippen LogP contribution in [-0.2, 0) is 7.05 Å². The van der Waals surface area contributed by atoms with Gasteiger partial charge in [-0.2, -0.15) is 0 Å². The number of benzene rings is 1. The van der Waals surface area contributed by atoms with E-state index in [1.165, 1.54) is 23.9 Å². The van der Waals surface area contributed by atoms with Crippen molar-refractivity contribution in [3.63, 3.8) is 0 Å². The van der Waals surface area contributed by atoms with E-state index < -0.39 is 0 Å². The zero-order chi connectivity index (χ0) is 15.6. The van der Waals surface area contributed by atoms with E-state index in [0.29, 0.717) is 10.7 Å². The van der Waals surface area contributed by atoms with Crippen molar-refractivity contribution in [1.29, 1.82) is 0 Å². The van der Waals surface area contributed by atoms with Gasteiger partial charge in [0, 0.05) is 23.8 Å². The molecule has 1 N–H and O–H groups in total. The van der Waals surface area contributed by atoms with Crippen molar-refractivity contribution < 1.29 is 9.53 Å². The summed E-state index contributed by atoms with van der Waals surface area (Å²) in [6, 6.07) is 6.49. The minimum atomic E-state index is -0.386. The van der Waals surface area contributed by atoms with E-state index in [1.54, 1.807) is 25.2 Å². The van der Waals surface area contributed by atoms with Gasteiger partial charge in [-0.25, -0.2) is 0 Å². The molecule has 21 heavy (non-hydrogen) atoms. The second-order valence-electron chi connectivity index (χ2n) is 4.57. The van der Waals surface area contributed by atoms with Crippen LogP contribution in [0.15, 0.2) is 35.3 Å². The number of amides is 1. The maximum atomic E-state index is 12.3. The molecule has 0 bridgehead atoms. The number of nitrogens with zero attached hydrogens (tertiary/aromatic N) is 1. The maximum absolute atomic E-state index is 12.3. The van der Waals surface area contributed by atoms with Crippen molar-refractivity contribution in [3.8, 4) is 5.75 Å². The van der Waals surface area contributed by atoms with E-state index in [9.17, 15) is 9.59 Å². The molecular formula is C15H15ClN2O3. The van der Waals surface area contributed by atoms with Gasteiger partial charge in [-0.05, 0) is 24.6 Å². The molecule has 0 unspecified atom stereocenters. The van der Waals surface area contributed by atoms with Gasteiger partial charge in [0.05, 0.1) is 13.3 Å². The van der Waals surface area contributed by atoms with Crippen molar-refractivity contribution in [2.45, 2.75) is 6.92 Å². The van der Waals surface area contributed by atoms with Gasteiger partial charge in [0.1, 0.15) is 5.69 Å². The fourth-order valence-corrected chi connectivity index (χ4v) is 2.09. The van der Waals surface area contributed by atoms with Gasteiger partial charge >= 0.3 is 0 Å². The molecule has 1 aromatic carbocycles. The van der Waals surface area contributed by atoms with Gasteiger partial charge in [-0.15, -0.1) is 0 Å². The number of hydrogen-bond acceptors (Lipinski definition) is 3. The zero-order valence-electron chi connectivity index (χ0n) is 11.9. The highest BCUT2D eigenvalue weighted by molar-refractivity contribution is 6.31. The Morgan fingerprint density at radius 3 is 2.76 bits per heavy atom. The molecule has 0 aliphatic rings. The second kappa shape index (κ2) is 6.01. The smallest absolute Gasteiger partial charge is 0.272 e. The van der Waals surface area contributed by atoms with Crippen LogP contribution in [-0.4, -0.2) is 17.6 Å². The summed E-state index contributed by atoms with van der Waals surface area (Å²) in [5, 5.41) is 3.32. The number of hydrogen-bond donors (Lipinski definition) is 1. The third kappa shape index (κ3) is 3.08. The first-order valence-corrected chi connectivity index (χ1v) is 6.63. The quantitative estimate of drug-likeness (QED) is 0.948. The maximum Gasteiger partial charge on any atom is 0.272 e. The van der Waals surface area contributed by atoms with E-state index in [4.69, 9.17) is 16.3 Å². The van der Waals surface area contributed by atoms with E-state index in [2.05, 4.69) is 5.32 Å². The molecule has 1 aromatic heterocycles. The van der Waals surface area contributed by atoms with Gasteiger partial charge in [-0.1, -0.05) is 17.7 Å². The molecule has 0 aliphatic carbocycles. The fourth-order valence-electron chi connectivity index (χ4n) is 1.91. The third-order valence-corrected chi connectivity index (χ3v) is 3.58. The van der Waals surface area contributed by atoms with Crippen LogP contribution in [0.25, 0.3) is 0 Å². The summed E-state index contributed by atoms with van der Waals surface area (Å²) < 4.78 is 6.47. The van der Waals surface area contributed by atoms with Crippen molar-refractivity contribution >= 4 is 23.2 Å². The first-order valence-electron chi connectivity index (χ1n) is 6.25. The highest BCUT2D eigenvalue weighted by Gasteiger charge is 2.14. The number of rotatable bonds is 3. The van der Waals surface area contributed by atoms with Crippen LogP contribution in [0.3, 0.4) is 0 Å². The van der Waals surface area contributed by atoms with Gasteiger partial charge in [-0.3, -0.25) is 9.59 Å². The van der Waals surface area contributed by atoms with Crippen LogP contribution in [0.2, 0.25) is 5.02 Å². The van der Waals surface area contributed by atoms with Crippen LogP contribution < -0.4 is 15.5 Å². The molecule has 0 saturated heterocycles. The normalized spacial score (nSPS) is 10.3. The molecule has 6 heteroatoms. The summed E-state index contributed by atoms with van der Waals surface area (Å²) >= 11 is 6.02. The Morgan fingerprint density at radius 1 is 1.38 bits per heavy atom. The average molecular weight is 307 g/mol. The molecule has 0 aliphatic heterocycles. The number of aromatic nitrogens is 1. The fraction of sp³-hybridized carbons (Fsp3) is 0.200. The number of nitrogens with one attached hydrogen (secondary N) is 1. The van der Waals surface area contributed by atoms with E-state index in [1.807, 2.05) is 6.92 Å². The van der Waals surface area contributed by atoms with Gasteiger partial charge in [0.2, 0.25) is 5.43 Å². The largest absolute Gasteiger partial charge is 0.491 e. The number of anilines is 1. The first kappa shape index (κ1) is 15.1. The van der Waals surface area contributed by atoms with Crippen molar-refractivity contribution in [1.82, 2.24) is 4.57 Å². The van der Waals surface area contributed by atoms with Crippen molar-refractivity contribution in [2.75, 3.05) is 12.4 Å². The molecule has 0 spiro atoms. The van der Waals surface area contributed by atoms with Gasteiger partial charge in [0.25, 0.3) is 5.91 Å². The summed E-state index contributed by atoms with van der Waals surface area (Å²) in [7, 11) is 3.08. The average Bonchev–Trinajstić information content (AvgIpc) is 2.45. The topological polar surface area (TPSA) is 60.3 Å². The predicted molar refractivity (Wildman–Crippen MR) is 82.4 cm³/mol. The minimum Gasteiger partial charge on any atom is -0.491 e. The minimum absolute atomic E-state index is 0.188. The summed E-state index contributed by atoms with van der Waals surface area (Å²) in [6.07, 6.45) is 1.47.